The van der Waals surface area contributed by atoms with Gasteiger partial charge in [-0.2, -0.15) is 5.10 Å². The van der Waals surface area contributed by atoms with Crippen LogP contribution in [0.25, 0.3) is 0 Å². The molecule has 0 saturated heterocycles. The van der Waals surface area contributed by atoms with Gasteiger partial charge in [0.1, 0.15) is 0 Å². The molecule has 0 aliphatic carbocycles. The molecule has 0 spiro atoms. The molecular formula is C14H15Cl2N3O. The Morgan fingerprint density at radius 1 is 1.35 bits per heavy atom. The normalized spacial score (nSPS) is 10.6. The van der Waals surface area contributed by atoms with Crippen molar-refractivity contribution in [1.29, 1.82) is 0 Å². The third-order valence-corrected chi connectivity index (χ3v) is 3.48. The summed E-state index contributed by atoms with van der Waals surface area (Å²) >= 11 is 12.2. The van der Waals surface area contributed by atoms with E-state index in [1.165, 1.54) is 0 Å². The Kier molecular flexibility index (Phi) is 5.04. The molecule has 1 aromatic heterocycles. The summed E-state index contributed by atoms with van der Waals surface area (Å²) in [5.41, 5.74) is 1.48. The summed E-state index contributed by atoms with van der Waals surface area (Å²) in [6, 6.07) is 5.38. The molecule has 0 aliphatic rings. The van der Waals surface area contributed by atoms with Gasteiger partial charge >= 0.3 is 0 Å². The van der Waals surface area contributed by atoms with Crippen LogP contribution >= 0.6 is 23.2 Å². The van der Waals surface area contributed by atoms with E-state index in [9.17, 15) is 4.79 Å². The van der Waals surface area contributed by atoms with E-state index in [1.54, 1.807) is 35.3 Å². The van der Waals surface area contributed by atoms with Gasteiger partial charge in [-0.1, -0.05) is 36.2 Å². The first kappa shape index (κ1) is 14.9. The van der Waals surface area contributed by atoms with Crippen molar-refractivity contribution in [3.63, 3.8) is 0 Å². The van der Waals surface area contributed by atoms with Crippen LogP contribution in [0.2, 0.25) is 10.0 Å². The number of nitrogens with one attached hydrogen (secondary N) is 1. The van der Waals surface area contributed by atoms with E-state index < -0.39 is 0 Å². The summed E-state index contributed by atoms with van der Waals surface area (Å²) in [5, 5.41) is 8.18. The maximum absolute atomic E-state index is 11.5. The molecular weight excluding hydrogens is 297 g/mol. The number of anilines is 1. The Labute approximate surface area is 127 Å². The zero-order valence-corrected chi connectivity index (χ0v) is 12.6. The number of aromatic nitrogens is 2. The highest BCUT2D eigenvalue weighted by Gasteiger charge is 2.08. The van der Waals surface area contributed by atoms with Gasteiger partial charge in [0.25, 0.3) is 0 Å². The van der Waals surface area contributed by atoms with Crippen molar-refractivity contribution in [2.45, 2.75) is 26.3 Å². The largest absolute Gasteiger partial charge is 0.323 e. The predicted octanol–water partition coefficient (Wildman–Crippen LogP) is 3.98. The second kappa shape index (κ2) is 6.77. The Morgan fingerprint density at radius 3 is 2.70 bits per heavy atom. The van der Waals surface area contributed by atoms with E-state index in [0.717, 1.165) is 12.0 Å². The van der Waals surface area contributed by atoms with Crippen molar-refractivity contribution in [2.24, 2.45) is 0 Å². The fourth-order valence-electron chi connectivity index (χ4n) is 1.81. The van der Waals surface area contributed by atoms with Crippen molar-refractivity contribution in [1.82, 2.24) is 9.78 Å². The van der Waals surface area contributed by atoms with Crippen LogP contribution in [-0.2, 0) is 11.3 Å². The van der Waals surface area contributed by atoms with Gasteiger partial charge in [-0.3, -0.25) is 9.48 Å². The third kappa shape index (κ3) is 3.74. The van der Waals surface area contributed by atoms with Crippen LogP contribution in [0.1, 0.15) is 25.3 Å². The number of halogens is 2. The number of amides is 1. The monoisotopic (exact) mass is 311 g/mol. The summed E-state index contributed by atoms with van der Waals surface area (Å²) < 4.78 is 1.69. The highest BCUT2D eigenvalue weighted by molar-refractivity contribution is 6.35. The van der Waals surface area contributed by atoms with E-state index in [4.69, 9.17) is 23.2 Å². The standard InChI is InChI=1S/C14H15Cl2N3O/c1-2-4-14(20)18-10-7-17-19(8-10)9-11-12(15)5-3-6-13(11)16/h3,5-8H,2,4,9H2,1H3,(H,18,20). The molecule has 0 fully saturated rings. The van der Waals surface area contributed by atoms with E-state index in [0.29, 0.717) is 28.7 Å². The number of hydrogen-bond acceptors (Lipinski definition) is 2. The molecule has 1 amide bonds. The first-order valence-electron chi connectivity index (χ1n) is 6.35. The molecule has 1 N–H and O–H groups in total. The Morgan fingerprint density at radius 2 is 2.05 bits per heavy atom. The molecule has 6 heteroatoms. The van der Waals surface area contributed by atoms with Crippen LogP contribution in [0.15, 0.2) is 30.6 Å². The summed E-state index contributed by atoms with van der Waals surface area (Å²) in [6.45, 7) is 2.42. The summed E-state index contributed by atoms with van der Waals surface area (Å²) in [6.07, 6.45) is 4.68. The van der Waals surface area contributed by atoms with Gasteiger partial charge in [-0.05, 0) is 18.6 Å². The van der Waals surface area contributed by atoms with E-state index in [1.807, 2.05) is 6.92 Å². The lowest BCUT2D eigenvalue weighted by Crippen LogP contribution is -2.10. The lowest BCUT2D eigenvalue weighted by atomic mass is 10.2. The molecule has 106 valence electrons. The number of rotatable bonds is 5. The molecule has 0 bridgehead atoms. The van der Waals surface area contributed by atoms with Crippen LogP contribution in [0.4, 0.5) is 5.69 Å². The zero-order valence-electron chi connectivity index (χ0n) is 11.1. The van der Waals surface area contributed by atoms with Gasteiger partial charge in [0, 0.05) is 28.2 Å². The molecule has 2 rings (SSSR count). The molecule has 0 unspecified atom stereocenters. The minimum atomic E-state index is -0.0113. The lowest BCUT2D eigenvalue weighted by molar-refractivity contribution is -0.116. The Hall–Kier alpha value is -1.52. The summed E-state index contributed by atoms with van der Waals surface area (Å²) in [4.78, 5) is 11.5. The second-order valence-electron chi connectivity index (χ2n) is 4.42. The second-order valence-corrected chi connectivity index (χ2v) is 5.24. The van der Waals surface area contributed by atoms with Crippen LogP contribution < -0.4 is 5.32 Å². The average Bonchev–Trinajstić information content (AvgIpc) is 2.82. The molecule has 0 radical (unpaired) electrons. The van der Waals surface area contributed by atoms with Gasteiger partial charge in [0.2, 0.25) is 5.91 Å². The SMILES string of the molecule is CCCC(=O)Nc1cnn(Cc2c(Cl)cccc2Cl)c1. The number of hydrogen-bond donors (Lipinski definition) is 1. The fraction of sp³-hybridized carbons (Fsp3) is 0.286. The molecule has 4 nitrogen and oxygen atoms in total. The number of carbonyl (C=O) groups is 1. The average molecular weight is 312 g/mol. The van der Waals surface area contributed by atoms with Gasteiger partial charge in [-0.15, -0.1) is 0 Å². The van der Waals surface area contributed by atoms with Crippen LogP contribution in [0.3, 0.4) is 0 Å². The molecule has 1 heterocycles. The van der Waals surface area contributed by atoms with E-state index >= 15 is 0 Å². The Balaban J connectivity index is 2.08. The van der Waals surface area contributed by atoms with Crippen LogP contribution in [-0.4, -0.2) is 15.7 Å². The Bertz CT molecular complexity index is 590. The maximum atomic E-state index is 11.5. The first-order chi connectivity index (χ1) is 9.60. The molecule has 0 atom stereocenters. The molecule has 20 heavy (non-hydrogen) atoms. The quantitative estimate of drug-likeness (QED) is 0.908. The first-order valence-corrected chi connectivity index (χ1v) is 7.11. The van der Waals surface area contributed by atoms with Gasteiger partial charge < -0.3 is 5.32 Å². The van der Waals surface area contributed by atoms with Gasteiger partial charge in [-0.25, -0.2) is 0 Å². The van der Waals surface area contributed by atoms with Crippen molar-refractivity contribution in [3.8, 4) is 0 Å². The molecule has 2 aromatic rings. The van der Waals surface area contributed by atoms with E-state index in [2.05, 4.69) is 10.4 Å². The van der Waals surface area contributed by atoms with Gasteiger partial charge in [0.15, 0.2) is 0 Å². The fourth-order valence-corrected chi connectivity index (χ4v) is 2.33. The van der Waals surface area contributed by atoms with Crippen molar-refractivity contribution < 1.29 is 4.79 Å². The topological polar surface area (TPSA) is 46.9 Å². The van der Waals surface area contributed by atoms with E-state index in [-0.39, 0.29) is 5.91 Å². The lowest BCUT2D eigenvalue weighted by Gasteiger charge is -2.06. The van der Waals surface area contributed by atoms with Gasteiger partial charge in [0.05, 0.1) is 18.4 Å². The van der Waals surface area contributed by atoms with Crippen molar-refractivity contribution in [3.05, 3.63) is 46.2 Å². The third-order valence-electron chi connectivity index (χ3n) is 2.78. The number of carbonyl (C=O) groups excluding carboxylic acids is 1. The zero-order chi connectivity index (χ0) is 14.5. The minimum Gasteiger partial charge on any atom is -0.323 e. The number of nitrogens with zero attached hydrogens (tertiary/aromatic N) is 2. The minimum absolute atomic E-state index is 0.0113. The smallest absolute Gasteiger partial charge is 0.224 e. The predicted molar refractivity (Wildman–Crippen MR) is 81.3 cm³/mol. The van der Waals surface area contributed by atoms with Crippen molar-refractivity contribution >= 4 is 34.8 Å². The highest BCUT2D eigenvalue weighted by Crippen LogP contribution is 2.25. The van der Waals surface area contributed by atoms with Crippen LogP contribution in [0.5, 0.6) is 0 Å². The molecule has 1 aromatic carbocycles. The highest BCUT2D eigenvalue weighted by atomic mass is 35.5. The number of benzene rings is 1. The molecule has 0 aliphatic heterocycles. The maximum Gasteiger partial charge on any atom is 0.224 e. The van der Waals surface area contributed by atoms with Crippen LogP contribution in [0, 0.1) is 0 Å². The summed E-state index contributed by atoms with van der Waals surface area (Å²) in [7, 11) is 0. The molecule has 0 saturated carbocycles. The summed E-state index contributed by atoms with van der Waals surface area (Å²) in [5.74, 6) is -0.0113. The van der Waals surface area contributed by atoms with Crippen molar-refractivity contribution in [2.75, 3.05) is 5.32 Å².